The number of carbonyl (C=O) groups excluding carboxylic acids is 2. The van der Waals surface area contributed by atoms with E-state index in [0.29, 0.717) is 18.9 Å². The summed E-state index contributed by atoms with van der Waals surface area (Å²) in [5.41, 5.74) is 7.16. The normalized spacial score (nSPS) is 20.9. The van der Waals surface area contributed by atoms with Crippen molar-refractivity contribution in [1.82, 2.24) is 15.5 Å². The largest absolute Gasteiger partial charge is 0.374 e. The third-order valence-corrected chi connectivity index (χ3v) is 7.77. The molecular weight excluding hydrogens is 463 g/mol. The van der Waals surface area contributed by atoms with Gasteiger partial charge in [-0.05, 0) is 39.9 Å². The average molecular weight is 491 g/mol. The van der Waals surface area contributed by atoms with Crippen LogP contribution in [0.1, 0.15) is 12.0 Å². The van der Waals surface area contributed by atoms with Crippen molar-refractivity contribution in [3.05, 3.63) is 58.9 Å². The van der Waals surface area contributed by atoms with Crippen LogP contribution in [0.4, 0.5) is 4.39 Å². The fourth-order valence-corrected chi connectivity index (χ4v) is 5.81. The molecule has 4 rings (SSSR count). The van der Waals surface area contributed by atoms with Gasteiger partial charge in [0.15, 0.2) is 0 Å². The lowest BCUT2D eigenvalue weighted by atomic mass is 10.1. The molecule has 2 heterocycles. The number of rotatable bonds is 9. The van der Waals surface area contributed by atoms with Gasteiger partial charge in [-0.1, -0.05) is 30.0 Å². The molecule has 1 saturated heterocycles. The van der Waals surface area contributed by atoms with Gasteiger partial charge in [-0.2, -0.15) is 0 Å². The summed E-state index contributed by atoms with van der Waals surface area (Å²) in [5, 5.41) is 9.93. The van der Waals surface area contributed by atoms with Gasteiger partial charge in [-0.3, -0.25) is 14.5 Å². The highest BCUT2D eigenvalue weighted by Gasteiger charge is 2.22. The number of primary amides is 1. The minimum atomic E-state index is -0.379. The van der Waals surface area contributed by atoms with Crippen LogP contribution >= 0.6 is 23.5 Å². The van der Waals surface area contributed by atoms with Gasteiger partial charge in [-0.25, -0.2) is 4.39 Å². The summed E-state index contributed by atoms with van der Waals surface area (Å²) in [6.45, 7) is 3.42. The molecule has 2 aromatic rings. The molecule has 0 aromatic heterocycles. The molecule has 33 heavy (non-hydrogen) atoms. The van der Waals surface area contributed by atoms with Crippen molar-refractivity contribution in [2.24, 2.45) is 5.73 Å². The van der Waals surface area contributed by atoms with Crippen LogP contribution in [0, 0.1) is 5.82 Å². The molecule has 10 heteroatoms. The number of morpholine rings is 1. The van der Waals surface area contributed by atoms with Crippen molar-refractivity contribution in [3.63, 3.8) is 0 Å². The van der Waals surface area contributed by atoms with Gasteiger partial charge in [-0.15, -0.1) is 11.8 Å². The fourth-order valence-electron chi connectivity index (χ4n) is 3.82. The number of ether oxygens (including phenoxy) is 1. The van der Waals surface area contributed by atoms with Gasteiger partial charge >= 0.3 is 0 Å². The summed E-state index contributed by atoms with van der Waals surface area (Å²) >= 11 is 3.01. The van der Waals surface area contributed by atoms with Gasteiger partial charge in [0.05, 0.1) is 24.9 Å². The highest BCUT2D eigenvalue weighted by atomic mass is 32.2. The average Bonchev–Trinajstić information content (AvgIpc) is 3.23. The summed E-state index contributed by atoms with van der Waals surface area (Å²) in [7, 11) is 0. The van der Waals surface area contributed by atoms with E-state index in [4.69, 9.17) is 10.5 Å². The number of amides is 2. The Morgan fingerprint density at radius 1 is 1.27 bits per heavy atom. The quantitative estimate of drug-likeness (QED) is 0.497. The highest BCUT2D eigenvalue weighted by molar-refractivity contribution is 8.18. The predicted molar refractivity (Wildman–Crippen MR) is 131 cm³/mol. The Labute approximate surface area is 200 Å². The number of benzene rings is 2. The molecule has 0 spiro atoms. The summed E-state index contributed by atoms with van der Waals surface area (Å²) < 4.78 is 19.2. The maximum atomic E-state index is 13.4. The van der Waals surface area contributed by atoms with E-state index in [9.17, 15) is 14.0 Å². The van der Waals surface area contributed by atoms with Crippen LogP contribution < -0.4 is 16.4 Å². The second-order valence-electron chi connectivity index (χ2n) is 8.07. The Hall–Kier alpha value is -2.27. The Bertz CT molecular complexity index is 1050. The SMILES string of the molecule is NC(=O)CC1=CSC(SCC(=O)NC[C@H]2CN(Cc3ccc4cc(F)ccc4c3)CCO2)N1. The standard InChI is InChI=1S/C23H27FN4O3S2/c24-18-4-3-16-7-15(1-2-17(16)8-18)11-28-5-6-31-20(12-28)10-26-22(30)14-33-23-27-19(13-32-23)9-21(25)29/h1-4,7-8,13,20,23,27H,5-6,9-12,14H2,(H2,25,29)(H,26,30)/t20-,23?/m0/s1. The molecule has 2 amide bonds. The van der Waals surface area contributed by atoms with Crippen LogP contribution in [0.5, 0.6) is 0 Å². The first-order valence-corrected chi connectivity index (χ1v) is 12.7. The molecule has 2 aliphatic heterocycles. The van der Waals surface area contributed by atoms with Gasteiger partial charge in [0.25, 0.3) is 0 Å². The van der Waals surface area contributed by atoms with E-state index in [1.165, 1.54) is 35.2 Å². The summed E-state index contributed by atoms with van der Waals surface area (Å²) in [4.78, 5) is 25.6. The zero-order valence-electron chi connectivity index (χ0n) is 18.1. The number of nitrogens with one attached hydrogen (secondary N) is 2. The first-order valence-electron chi connectivity index (χ1n) is 10.7. The molecule has 176 valence electrons. The summed E-state index contributed by atoms with van der Waals surface area (Å²) in [6.07, 6.45) is 0.119. The lowest BCUT2D eigenvalue weighted by Gasteiger charge is -2.33. The van der Waals surface area contributed by atoms with Gasteiger partial charge in [0.2, 0.25) is 11.8 Å². The van der Waals surface area contributed by atoms with Crippen molar-refractivity contribution < 1.29 is 18.7 Å². The Balaban J connectivity index is 1.18. The van der Waals surface area contributed by atoms with Crippen LogP contribution in [-0.2, 0) is 20.9 Å². The number of nitrogens with two attached hydrogens (primary N) is 1. The minimum Gasteiger partial charge on any atom is -0.374 e. The van der Waals surface area contributed by atoms with Crippen molar-refractivity contribution in [3.8, 4) is 0 Å². The molecule has 4 N–H and O–H groups in total. The second kappa shape index (κ2) is 11.2. The predicted octanol–water partition coefficient (Wildman–Crippen LogP) is 2.37. The van der Waals surface area contributed by atoms with E-state index in [1.807, 2.05) is 17.5 Å². The van der Waals surface area contributed by atoms with E-state index in [-0.39, 0.29) is 34.9 Å². The minimum absolute atomic E-state index is 0.00460. The number of fused-ring (bicyclic) bond motifs is 1. The van der Waals surface area contributed by atoms with Crippen LogP contribution in [0.2, 0.25) is 0 Å². The lowest BCUT2D eigenvalue weighted by Crippen LogP contribution is -2.47. The summed E-state index contributed by atoms with van der Waals surface area (Å²) in [6, 6.07) is 10.9. The first-order chi connectivity index (χ1) is 15.9. The van der Waals surface area contributed by atoms with Crippen LogP contribution in [0.3, 0.4) is 0 Å². The maximum absolute atomic E-state index is 13.4. The molecule has 2 atom stereocenters. The number of nitrogens with zero attached hydrogens (tertiary/aromatic N) is 1. The molecule has 7 nitrogen and oxygen atoms in total. The molecule has 2 aliphatic rings. The molecule has 0 aliphatic carbocycles. The zero-order chi connectivity index (χ0) is 23.2. The first kappa shape index (κ1) is 23.9. The Morgan fingerprint density at radius 3 is 2.94 bits per heavy atom. The zero-order valence-corrected chi connectivity index (χ0v) is 19.7. The number of halogens is 1. The van der Waals surface area contributed by atoms with Crippen molar-refractivity contribution in [2.45, 2.75) is 23.8 Å². The fraction of sp³-hybridized carbons (Fsp3) is 0.391. The van der Waals surface area contributed by atoms with E-state index >= 15 is 0 Å². The third kappa shape index (κ3) is 7.10. The van der Waals surface area contributed by atoms with Gasteiger partial charge in [0.1, 0.15) is 10.5 Å². The lowest BCUT2D eigenvalue weighted by molar-refractivity contribution is -0.120. The smallest absolute Gasteiger partial charge is 0.230 e. The number of hydrogen-bond acceptors (Lipinski definition) is 7. The molecule has 2 aromatic carbocycles. The van der Waals surface area contributed by atoms with Gasteiger partial charge < -0.3 is 21.1 Å². The highest BCUT2D eigenvalue weighted by Crippen LogP contribution is 2.30. The second-order valence-corrected chi connectivity index (χ2v) is 10.4. The Morgan fingerprint density at radius 2 is 2.09 bits per heavy atom. The third-order valence-electron chi connectivity index (χ3n) is 5.39. The molecule has 0 saturated carbocycles. The monoisotopic (exact) mass is 490 g/mol. The van der Waals surface area contributed by atoms with E-state index in [2.05, 4.69) is 21.6 Å². The van der Waals surface area contributed by atoms with Crippen LogP contribution in [0.15, 0.2) is 47.5 Å². The molecular formula is C23H27FN4O3S2. The van der Waals surface area contributed by atoms with E-state index < -0.39 is 0 Å². The molecule has 1 unspecified atom stereocenters. The van der Waals surface area contributed by atoms with E-state index in [1.54, 1.807) is 12.1 Å². The van der Waals surface area contributed by atoms with Gasteiger partial charge in [0, 0.05) is 31.9 Å². The van der Waals surface area contributed by atoms with Crippen molar-refractivity contribution >= 4 is 46.1 Å². The summed E-state index contributed by atoms with van der Waals surface area (Å²) in [5.74, 6) is -0.339. The molecule has 1 fully saturated rings. The topological polar surface area (TPSA) is 96.7 Å². The maximum Gasteiger partial charge on any atom is 0.230 e. The number of thioether (sulfide) groups is 2. The molecule has 0 radical (unpaired) electrons. The van der Waals surface area contributed by atoms with Crippen LogP contribution in [-0.4, -0.2) is 59.5 Å². The van der Waals surface area contributed by atoms with Crippen LogP contribution in [0.25, 0.3) is 10.8 Å². The van der Waals surface area contributed by atoms with Crippen molar-refractivity contribution in [2.75, 3.05) is 32.0 Å². The van der Waals surface area contributed by atoms with Crippen molar-refractivity contribution in [1.29, 1.82) is 0 Å². The molecule has 0 bridgehead atoms. The Kier molecular flexibility index (Phi) is 8.13. The van der Waals surface area contributed by atoms with E-state index in [0.717, 1.165) is 36.1 Å². The number of hydrogen-bond donors (Lipinski definition) is 3. The number of carbonyl (C=O) groups is 2.